The zero-order chi connectivity index (χ0) is 13.2. The Bertz CT molecular complexity index is 556. The van der Waals surface area contributed by atoms with Gasteiger partial charge in [0.2, 0.25) is 0 Å². The number of aromatic nitrogens is 2. The predicted molar refractivity (Wildman–Crippen MR) is 75.4 cm³/mol. The Kier molecular flexibility index (Phi) is 3.53. The van der Waals surface area contributed by atoms with Crippen molar-refractivity contribution < 1.29 is 4.74 Å². The lowest BCUT2D eigenvalue weighted by Crippen LogP contribution is -2.35. The molecule has 0 radical (unpaired) electrons. The molecule has 0 amide bonds. The number of hydrogen-bond donors (Lipinski definition) is 0. The minimum atomic E-state index is 0.516. The van der Waals surface area contributed by atoms with Crippen LogP contribution in [-0.4, -0.2) is 40.8 Å². The van der Waals surface area contributed by atoms with Gasteiger partial charge in [0.25, 0.3) is 0 Å². The largest absolute Gasteiger partial charge is 0.379 e. The fraction of sp³-hybridized carbons (Fsp3) is 0.533. The third-order valence-corrected chi connectivity index (χ3v) is 3.74. The van der Waals surface area contributed by atoms with E-state index >= 15 is 0 Å². The van der Waals surface area contributed by atoms with E-state index in [0.717, 1.165) is 32.8 Å². The van der Waals surface area contributed by atoms with E-state index in [4.69, 9.17) is 4.74 Å². The molecule has 0 atom stereocenters. The lowest BCUT2D eigenvalue weighted by molar-refractivity contribution is 0.0341. The molecule has 3 rings (SSSR count). The first kappa shape index (κ1) is 12.6. The Labute approximate surface area is 114 Å². The highest BCUT2D eigenvalue weighted by atomic mass is 16.5. The van der Waals surface area contributed by atoms with Crippen LogP contribution < -0.4 is 0 Å². The normalized spacial score (nSPS) is 17.4. The fourth-order valence-electron chi connectivity index (χ4n) is 2.60. The number of hydrogen-bond acceptors (Lipinski definition) is 3. The number of pyridine rings is 1. The summed E-state index contributed by atoms with van der Waals surface area (Å²) in [5.41, 5.74) is 3.85. The number of ether oxygens (including phenoxy) is 1. The summed E-state index contributed by atoms with van der Waals surface area (Å²) in [5, 5.41) is 4.47. The van der Waals surface area contributed by atoms with Crippen LogP contribution in [0.5, 0.6) is 0 Å². The van der Waals surface area contributed by atoms with Gasteiger partial charge in [-0.05, 0) is 17.5 Å². The Morgan fingerprint density at radius 3 is 2.79 bits per heavy atom. The van der Waals surface area contributed by atoms with Gasteiger partial charge in [0.1, 0.15) is 0 Å². The minimum Gasteiger partial charge on any atom is -0.379 e. The maximum atomic E-state index is 5.38. The second kappa shape index (κ2) is 5.31. The quantitative estimate of drug-likeness (QED) is 0.847. The topological polar surface area (TPSA) is 29.8 Å². The van der Waals surface area contributed by atoms with Crippen molar-refractivity contribution in [1.82, 2.24) is 14.5 Å². The summed E-state index contributed by atoms with van der Waals surface area (Å²) in [6.45, 7) is 9.14. The van der Waals surface area contributed by atoms with Crippen molar-refractivity contribution in [2.24, 2.45) is 0 Å². The Balaban J connectivity index is 1.81. The molecule has 1 aliphatic rings. The first-order chi connectivity index (χ1) is 9.24. The number of fused-ring (bicyclic) bond motifs is 1. The van der Waals surface area contributed by atoms with Gasteiger partial charge >= 0.3 is 0 Å². The van der Waals surface area contributed by atoms with E-state index in [0.29, 0.717) is 5.92 Å². The van der Waals surface area contributed by atoms with Crippen molar-refractivity contribution >= 4 is 5.52 Å². The van der Waals surface area contributed by atoms with Gasteiger partial charge in [-0.25, -0.2) is 4.52 Å². The zero-order valence-corrected chi connectivity index (χ0v) is 11.7. The molecule has 0 N–H and O–H groups in total. The molecule has 19 heavy (non-hydrogen) atoms. The molecule has 0 aliphatic carbocycles. The van der Waals surface area contributed by atoms with E-state index in [9.17, 15) is 0 Å². The second-order valence-electron chi connectivity index (χ2n) is 5.51. The maximum absolute atomic E-state index is 5.38. The monoisotopic (exact) mass is 259 g/mol. The second-order valence-corrected chi connectivity index (χ2v) is 5.51. The molecule has 3 heterocycles. The number of rotatable bonds is 3. The van der Waals surface area contributed by atoms with Crippen molar-refractivity contribution in [1.29, 1.82) is 0 Å². The molecule has 0 spiro atoms. The van der Waals surface area contributed by atoms with Crippen LogP contribution in [0.15, 0.2) is 24.5 Å². The third kappa shape index (κ3) is 2.65. The van der Waals surface area contributed by atoms with Gasteiger partial charge in [-0.1, -0.05) is 19.9 Å². The molecule has 1 fully saturated rings. The van der Waals surface area contributed by atoms with Crippen molar-refractivity contribution in [3.05, 3.63) is 35.7 Å². The molecule has 2 aromatic heterocycles. The molecule has 0 unspecified atom stereocenters. The first-order valence-corrected chi connectivity index (χ1v) is 7.00. The molecule has 0 aromatic carbocycles. The Morgan fingerprint density at radius 2 is 2.05 bits per heavy atom. The molecule has 2 aromatic rings. The van der Waals surface area contributed by atoms with Crippen LogP contribution in [0.4, 0.5) is 0 Å². The summed E-state index contributed by atoms with van der Waals surface area (Å²) >= 11 is 0. The average Bonchev–Trinajstić information content (AvgIpc) is 2.83. The molecule has 4 heteroatoms. The van der Waals surface area contributed by atoms with Gasteiger partial charge in [0.15, 0.2) is 0 Å². The standard InChI is InChI=1S/C15H21N3O/c1-12(2)14-9-16-18-11-13(3-4-15(14)18)10-17-5-7-19-8-6-17/h3-4,9,11-12H,5-8,10H2,1-2H3. The summed E-state index contributed by atoms with van der Waals surface area (Å²) in [6, 6.07) is 4.41. The molecular formula is C15H21N3O. The molecule has 1 aliphatic heterocycles. The van der Waals surface area contributed by atoms with Gasteiger partial charge < -0.3 is 4.74 Å². The van der Waals surface area contributed by atoms with Crippen LogP contribution in [-0.2, 0) is 11.3 Å². The molecular weight excluding hydrogens is 238 g/mol. The molecule has 102 valence electrons. The molecule has 1 saturated heterocycles. The lowest BCUT2D eigenvalue weighted by Gasteiger charge is -2.26. The number of morpholine rings is 1. The number of nitrogens with zero attached hydrogens (tertiary/aromatic N) is 3. The predicted octanol–water partition coefficient (Wildman–Crippen LogP) is 2.29. The van der Waals surface area contributed by atoms with Crippen LogP contribution in [0.25, 0.3) is 5.52 Å². The van der Waals surface area contributed by atoms with Gasteiger partial charge in [-0.3, -0.25) is 4.90 Å². The maximum Gasteiger partial charge on any atom is 0.0696 e. The fourth-order valence-corrected chi connectivity index (χ4v) is 2.60. The van der Waals surface area contributed by atoms with Crippen LogP contribution >= 0.6 is 0 Å². The van der Waals surface area contributed by atoms with Gasteiger partial charge in [0, 0.05) is 31.4 Å². The highest BCUT2D eigenvalue weighted by Crippen LogP contribution is 2.20. The summed E-state index contributed by atoms with van der Waals surface area (Å²) in [7, 11) is 0. The summed E-state index contributed by atoms with van der Waals surface area (Å²) < 4.78 is 7.38. The first-order valence-electron chi connectivity index (χ1n) is 7.00. The lowest BCUT2D eigenvalue weighted by atomic mass is 10.1. The summed E-state index contributed by atoms with van der Waals surface area (Å²) in [5.74, 6) is 0.516. The minimum absolute atomic E-state index is 0.516. The SMILES string of the molecule is CC(C)c1cnn2cc(CN3CCOCC3)ccc12. The van der Waals surface area contributed by atoms with Gasteiger partial charge in [-0.15, -0.1) is 0 Å². The van der Waals surface area contributed by atoms with Crippen LogP contribution in [0.1, 0.15) is 30.9 Å². The van der Waals surface area contributed by atoms with Gasteiger partial charge in [-0.2, -0.15) is 5.10 Å². The molecule has 0 bridgehead atoms. The Hall–Kier alpha value is -1.39. The third-order valence-electron chi connectivity index (χ3n) is 3.74. The van der Waals surface area contributed by atoms with E-state index in [1.165, 1.54) is 16.6 Å². The van der Waals surface area contributed by atoms with E-state index in [1.807, 2.05) is 10.7 Å². The summed E-state index contributed by atoms with van der Waals surface area (Å²) in [6.07, 6.45) is 4.13. The smallest absolute Gasteiger partial charge is 0.0696 e. The van der Waals surface area contributed by atoms with Crippen molar-refractivity contribution in [3.8, 4) is 0 Å². The summed E-state index contributed by atoms with van der Waals surface area (Å²) in [4.78, 5) is 2.43. The average molecular weight is 259 g/mol. The van der Waals surface area contributed by atoms with Crippen molar-refractivity contribution in [2.75, 3.05) is 26.3 Å². The van der Waals surface area contributed by atoms with Crippen LogP contribution in [0.2, 0.25) is 0 Å². The highest BCUT2D eigenvalue weighted by molar-refractivity contribution is 5.55. The van der Waals surface area contributed by atoms with E-state index in [-0.39, 0.29) is 0 Å². The van der Waals surface area contributed by atoms with Crippen LogP contribution in [0, 0.1) is 0 Å². The van der Waals surface area contributed by atoms with Gasteiger partial charge in [0.05, 0.1) is 24.9 Å². The van der Waals surface area contributed by atoms with Crippen LogP contribution in [0.3, 0.4) is 0 Å². The van der Waals surface area contributed by atoms with E-state index in [1.54, 1.807) is 0 Å². The zero-order valence-electron chi connectivity index (χ0n) is 11.7. The molecule has 0 saturated carbocycles. The Morgan fingerprint density at radius 1 is 1.26 bits per heavy atom. The molecule has 4 nitrogen and oxygen atoms in total. The highest BCUT2D eigenvalue weighted by Gasteiger charge is 2.12. The van der Waals surface area contributed by atoms with Crippen molar-refractivity contribution in [2.45, 2.75) is 26.3 Å². The van der Waals surface area contributed by atoms with Crippen molar-refractivity contribution in [3.63, 3.8) is 0 Å². The van der Waals surface area contributed by atoms with E-state index < -0.39 is 0 Å². The van der Waals surface area contributed by atoms with E-state index in [2.05, 4.69) is 42.2 Å².